The molecule has 25 heavy (non-hydrogen) atoms. The highest BCUT2D eigenvalue weighted by Gasteiger charge is 2.34. The molecule has 6 heteroatoms. The van der Waals surface area contributed by atoms with Crippen molar-refractivity contribution < 1.29 is 24.1 Å². The molecular weight excluding hydrogens is 322 g/mol. The van der Waals surface area contributed by atoms with Gasteiger partial charge in [0.1, 0.15) is 5.75 Å². The quantitative estimate of drug-likeness (QED) is 0.669. The van der Waals surface area contributed by atoms with E-state index in [9.17, 15) is 9.90 Å². The molecule has 0 radical (unpaired) electrons. The van der Waals surface area contributed by atoms with Crippen LogP contribution in [0.25, 0.3) is 0 Å². The molecule has 2 aromatic rings. The van der Waals surface area contributed by atoms with Crippen LogP contribution in [0, 0.1) is 0 Å². The molecule has 6 nitrogen and oxygen atoms in total. The van der Waals surface area contributed by atoms with E-state index in [-0.39, 0.29) is 11.7 Å². The monoisotopic (exact) mass is 341 g/mol. The van der Waals surface area contributed by atoms with E-state index in [1.807, 2.05) is 30.3 Å². The molecule has 0 bridgehead atoms. The third-order valence-electron chi connectivity index (χ3n) is 3.97. The zero-order valence-corrected chi connectivity index (χ0v) is 14.1. The van der Waals surface area contributed by atoms with Crippen molar-refractivity contribution in [1.82, 2.24) is 0 Å². The maximum atomic E-state index is 12.7. The first-order chi connectivity index (χ1) is 12.0. The fraction of sp³-hybridized carbons (Fsp3) is 0.211. The Balaban J connectivity index is 2.14. The van der Waals surface area contributed by atoms with Gasteiger partial charge in [-0.1, -0.05) is 36.9 Å². The van der Waals surface area contributed by atoms with E-state index in [4.69, 9.17) is 14.2 Å². The molecule has 3 rings (SSSR count). The molecule has 0 aliphatic carbocycles. The van der Waals surface area contributed by atoms with Crippen molar-refractivity contribution in [2.75, 3.05) is 19.1 Å². The van der Waals surface area contributed by atoms with E-state index in [1.165, 1.54) is 19.1 Å². The molecule has 0 saturated carbocycles. The number of anilines is 1. The fourth-order valence-electron chi connectivity index (χ4n) is 2.75. The van der Waals surface area contributed by atoms with Gasteiger partial charge in [0.25, 0.3) is 5.91 Å². The zero-order valence-electron chi connectivity index (χ0n) is 14.1. The van der Waals surface area contributed by atoms with Crippen molar-refractivity contribution in [1.29, 1.82) is 0 Å². The Morgan fingerprint density at radius 3 is 2.60 bits per heavy atom. The number of aliphatic hydroxyl groups excluding tert-OH is 1. The van der Waals surface area contributed by atoms with E-state index < -0.39 is 6.29 Å². The molecule has 1 aliphatic heterocycles. The van der Waals surface area contributed by atoms with Crippen LogP contribution in [0.5, 0.6) is 11.5 Å². The van der Waals surface area contributed by atoms with Crippen molar-refractivity contribution in [2.45, 2.75) is 12.8 Å². The van der Waals surface area contributed by atoms with Crippen molar-refractivity contribution in [3.63, 3.8) is 0 Å². The molecular formula is C19H19NO5. The number of rotatable bonds is 5. The highest BCUT2D eigenvalue weighted by molar-refractivity contribution is 6.07. The van der Waals surface area contributed by atoms with Crippen LogP contribution in [0.4, 0.5) is 5.69 Å². The second-order valence-corrected chi connectivity index (χ2v) is 5.55. The summed E-state index contributed by atoms with van der Waals surface area (Å²) < 4.78 is 15.9. The number of hydrogen-bond donors (Lipinski definition) is 1. The molecule has 1 amide bonds. The van der Waals surface area contributed by atoms with Gasteiger partial charge in [-0.3, -0.25) is 9.69 Å². The molecule has 1 atom stereocenters. The maximum Gasteiger partial charge on any atom is 0.293 e. The molecule has 130 valence electrons. The lowest BCUT2D eigenvalue weighted by Gasteiger charge is -2.33. The van der Waals surface area contributed by atoms with E-state index in [0.717, 1.165) is 5.56 Å². The third-order valence-corrected chi connectivity index (χ3v) is 3.97. The number of carbonyl (C=O) groups is 1. The lowest BCUT2D eigenvalue weighted by atomic mass is 10.1. The Bertz CT molecular complexity index is 803. The average Bonchev–Trinajstić information content (AvgIpc) is 2.64. The summed E-state index contributed by atoms with van der Waals surface area (Å²) in [6, 6.07) is 12.8. The Morgan fingerprint density at radius 2 is 1.96 bits per heavy atom. The van der Waals surface area contributed by atoms with Gasteiger partial charge in [0, 0.05) is 18.7 Å². The number of benzene rings is 2. The van der Waals surface area contributed by atoms with Crippen LogP contribution in [-0.4, -0.2) is 25.2 Å². The molecule has 1 heterocycles. The van der Waals surface area contributed by atoms with E-state index in [2.05, 4.69) is 6.58 Å². The van der Waals surface area contributed by atoms with Crippen LogP contribution in [0.15, 0.2) is 54.8 Å². The van der Waals surface area contributed by atoms with Gasteiger partial charge in [-0.2, -0.15) is 0 Å². The van der Waals surface area contributed by atoms with Crippen LogP contribution >= 0.6 is 0 Å². The lowest BCUT2D eigenvalue weighted by molar-refractivity contribution is -0.117. The first kappa shape index (κ1) is 17.0. The highest BCUT2D eigenvalue weighted by atomic mass is 16.6. The number of nitrogens with zero attached hydrogens (tertiary/aromatic N) is 1. The molecule has 1 N–H and O–H groups in total. The summed E-state index contributed by atoms with van der Waals surface area (Å²) in [5.41, 5.74) is 1.76. The Morgan fingerprint density at radius 1 is 1.24 bits per heavy atom. The summed E-state index contributed by atoms with van der Waals surface area (Å²) in [6.07, 6.45) is -1.23. The van der Waals surface area contributed by atoms with Crippen LogP contribution in [0.2, 0.25) is 0 Å². The fourth-order valence-corrected chi connectivity index (χ4v) is 2.75. The third kappa shape index (κ3) is 3.22. The van der Waals surface area contributed by atoms with E-state index >= 15 is 0 Å². The molecule has 0 spiro atoms. The Labute approximate surface area is 145 Å². The van der Waals surface area contributed by atoms with Gasteiger partial charge >= 0.3 is 0 Å². The summed E-state index contributed by atoms with van der Waals surface area (Å²) in [7, 11) is 2.89. The average molecular weight is 341 g/mol. The summed E-state index contributed by atoms with van der Waals surface area (Å²) in [4.78, 5) is 14.2. The van der Waals surface area contributed by atoms with Gasteiger partial charge in [-0.05, 0) is 11.6 Å². The van der Waals surface area contributed by atoms with Crippen molar-refractivity contribution in [3.8, 4) is 11.5 Å². The number of amides is 1. The first-order valence-electron chi connectivity index (χ1n) is 7.70. The zero-order chi connectivity index (χ0) is 18.0. The number of aliphatic hydroxyl groups is 1. The standard InChI is InChI=1S/C19H19NO5/c1-12-18(21)20(11-13-7-5-4-6-8-13)17-15(19(22)24-3)9-14(23-2)10-16(17)25-12/h4-10,19,22H,1,11H2,2-3H3. The topological polar surface area (TPSA) is 68.2 Å². The van der Waals surface area contributed by atoms with Gasteiger partial charge in [-0.15, -0.1) is 0 Å². The normalized spacial score (nSPS) is 14.8. The number of hydrogen-bond acceptors (Lipinski definition) is 5. The van der Waals surface area contributed by atoms with Crippen molar-refractivity contribution in [2.24, 2.45) is 0 Å². The number of carbonyl (C=O) groups excluding carboxylic acids is 1. The minimum atomic E-state index is -1.23. The number of ether oxygens (including phenoxy) is 3. The van der Waals surface area contributed by atoms with Crippen LogP contribution in [-0.2, 0) is 16.1 Å². The predicted octanol–water partition coefficient (Wildman–Crippen LogP) is 2.77. The number of methoxy groups -OCH3 is 2. The SMILES string of the molecule is C=C1Oc2cc(OC)cc(C(O)OC)c2N(Cc2ccccc2)C1=O. The lowest BCUT2D eigenvalue weighted by Crippen LogP contribution is -2.37. The largest absolute Gasteiger partial charge is 0.497 e. The van der Waals surface area contributed by atoms with Gasteiger partial charge in [0.05, 0.1) is 19.3 Å². The minimum Gasteiger partial charge on any atom is -0.497 e. The maximum absolute atomic E-state index is 12.7. The van der Waals surface area contributed by atoms with Crippen molar-refractivity contribution in [3.05, 3.63) is 65.9 Å². The highest BCUT2D eigenvalue weighted by Crippen LogP contribution is 2.44. The van der Waals surface area contributed by atoms with Gasteiger partial charge in [0.15, 0.2) is 17.8 Å². The van der Waals surface area contributed by atoms with E-state index in [0.29, 0.717) is 29.3 Å². The molecule has 2 aromatic carbocycles. The first-order valence-corrected chi connectivity index (χ1v) is 7.70. The Hall–Kier alpha value is -2.83. The van der Waals surface area contributed by atoms with Crippen LogP contribution in [0.1, 0.15) is 17.4 Å². The molecule has 1 unspecified atom stereocenters. The summed E-state index contributed by atoms with van der Waals surface area (Å²) in [5, 5.41) is 10.2. The van der Waals surface area contributed by atoms with Gasteiger partial charge in [0.2, 0.25) is 0 Å². The van der Waals surface area contributed by atoms with E-state index in [1.54, 1.807) is 12.1 Å². The Kier molecular flexibility index (Phi) is 4.74. The second-order valence-electron chi connectivity index (χ2n) is 5.55. The summed E-state index contributed by atoms with van der Waals surface area (Å²) in [5.74, 6) is 0.498. The van der Waals surface area contributed by atoms with Crippen molar-refractivity contribution >= 4 is 11.6 Å². The smallest absolute Gasteiger partial charge is 0.293 e. The molecule has 1 aliphatic rings. The van der Waals surface area contributed by atoms with Crippen LogP contribution < -0.4 is 14.4 Å². The summed E-state index contributed by atoms with van der Waals surface area (Å²) in [6.45, 7) is 4.00. The van der Waals surface area contributed by atoms with Crippen LogP contribution in [0.3, 0.4) is 0 Å². The minimum absolute atomic E-state index is 0.00883. The molecule has 0 saturated heterocycles. The molecule has 0 aromatic heterocycles. The number of fused-ring (bicyclic) bond motifs is 1. The predicted molar refractivity (Wildman–Crippen MR) is 92.4 cm³/mol. The van der Waals surface area contributed by atoms with Gasteiger partial charge in [-0.25, -0.2) is 0 Å². The second kappa shape index (κ2) is 6.96. The summed E-state index contributed by atoms with van der Waals surface area (Å²) >= 11 is 0. The molecule has 0 fully saturated rings. The van der Waals surface area contributed by atoms with Gasteiger partial charge < -0.3 is 19.3 Å².